The lowest BCUT2D eigenvalue weighted by molar-refractivity contribution is 0.687. The average molecular weight is 222 g/mol. The van der Waals surface area contributed by atoms with Gasteiger partial charge in [0.1, 0.15) is 12.1 Å². The first kappa shape index (κ1) is 12.9. The van der Waals surface area contributed by atoms with Gasteiger partial charge < -0.3 is 10.6 Å². The van der Waals surface area contributed by atoms with Crippen molar-refractivity contribution < 1.29 is 0 Å². The molecule has 0 atom stereocenters. The first-order chi connectivity index (χ1) is 7.86. The van der Waals surface area contributed by atoms with Gasteiger partial charge in [-0.2, -0.15) is 0 Å². The molecule has 1 heterocycles. The summed E-state index contributed by atoms with van der Waals surface area (Å²) < 4.78 is 0. The average Bonchev–Trinajstić information content (AvgIpc) is 2.30. The van der Waals surface area contributed by atoms with Gasteiger partial charge in [0.25, 0.3) is 0 Å². The quantitative estimate of drug-likeness (QED) is 0.659. The molecule has 0 spiro atoms. The van der Waals surface area contributed by atoms with Crippen LogP contribution in [0.5, 0.6) is 0 Å². The fourth-order valence-corrected chi connectivity index (χ4v) is 1.47. The lowest BCUT2D eigenvalue weighted by Gasteiger charge is -2.07. The number of anilines is 1. The van der Waals surface area contributed by atoms with Crippen molar-refractivity contribution in [3.63, 3.8) is 0 Å². The highest BCUT2D eigenvalue weighted by Gasteiger charge is 1.96. The van der Waals surface area contributed by atoms with Gasteiger partial charge >= 0.3 is 0 Å². The molecule has 0 aliphatic carbocycles. The van der Waals surface area contributed by atoms with E-state index in [1.54, 1.807) is 6.33 Å². The molecule has 4 nitrogen and oxygen atoms in total. The predicted molar refractivity (Wildman–Crippen MR) is 67.7 cm³/mol. The van der Waals surface area contributed by atoms with E-state index in [9.17, 15) is 0 Å². The topological polar surface area (TPSA) is 49.8 Å². The number of hydrogen-bond acceptors (Lipinski definition) is 4. The van der Waals surface area contributed by atoms with Crippen LogP contribution in [0.1, 0.15) is 32.4 Å². The van der Waals surface area contributed by atoms with Gasteiger partial charge in [0, 0.05) is 24.8 Å². The Bertz CT molecular complexity index is 288. The lowest BCUT2D eigenvalue weighted by atomic mass is 10.2. The van der Waals surface area contributed by atoms with Gasteiger partial charge in [-0.15, -0.1) is 0 Å². The molecule has 2 N–H and O–H groups in total. The smallest absolute Gasteiger partial charge is 0.129 e. The molecule has 0 aromatic carbocycles. The third-order valence-electron chi connectivity index (χ3n) is 2.26. The van der Waals surface area contributed by atoms with Crippen molar-refractivity contribution in [3.8, 4) is 0 Å². The van der Waals surface area contributed by atoms with Crippen molar-refractivity contribution in [1.82, 2.24) is 15.3 Å². The molecule has 0 aliphatic rings. The fraction of sp³-hybridized carbons (Fsp3) is 0.667. The molecule has 1 rings (SSSR count). The van der Waals surface area contributed by atoms with E-state index < -0.39 is 0 Å². The maximum atomic E-state index is 4.22. The molecule has 0 saturated heterocycles. The highest BCUT2D eigenvalue weighted by Crippen LogP contribution is 2.05. The highest BCUT2D eigenvalue weighted by molar-refractivity contribution is 5.34. The molecule has 16 heavy (non-hydrogen) atoms. The van der Waals surface area contributed by atoms with E-state index in [-0.39, 0.29) is 0 Å². The predicted octanol–water partition coefficient (Wildman–Crippen LogP) is 1.84. The van der Waals surface area contributed by atoms with E-state index >= 15 is 0 Å². The Labute approximate surface area is 97.9 Å². The number of aryl methyl sites for hydroxylation is 1. The minimum Gasteiger partial charge on any atom is -0.369 e. The molecule has 0 fully saturated rings. The summed E-state index contributed by atoms with van der Waals surface area (Å²) in [5, 5.41) is 6.63. The van der Waals surface area contributed by atoms with Crippen molar-refractivity contribution in [1.29, 1.82) is 0 Å². The third-order valence-corrected chi connectivity index (χ3v) is 2.26. The summed E-state index contributed by atoms with van der Waals surface area (Å²) in [6, 6.07) is 2.03. The van der Waals surface area contributed by atoms with E-state index in [0.29, 0.717) is 0 Å². The zero-order chi connectivity index (χ0) is 11.6. The molecule has 0 amide bonds. The first-order valence-corrected chi connectivity index (χ1v) is 6.12. The summed E-state index contributed by atoms with van der Waals surface area (Å²) >= 11 is 0. The molecule has 0 bridgehead atoms. The van der Waals surface area contributed by atoms with Crippen molar-refractivity contribution in [2.75, 3.05) is 25.0 Å². The molecule has 90 valence electrons. The van der Waals surface area contributed by atoms with E-state index in [4.69, 9.17) is 0 Å². The lowest BCUT2D eigenvalue weighted by Crippen LogP contribution is -2.23. The summed E-state index contributed by atoms with van der Waals surface area (Å²) in [4.78, 5) is 8.41. The van der Waals surface area contributed by atoms with Crippen molar-refractivity contribution >= 4 is 5.82 Å². The largest absolute Gasteiger partial charge is 0.369 e. The summed E-state index contributed by atoms with van der Waals surface area (Å²) in [6.45, 7) is 7.28. The Hall–Kier alpha value is -1.16. The fourth-order valence-electron chi connectivity index (χ4n) is 1.47. The number of nitrogens with one attached hydrogen (secondary N) is 2. The molecule has 0 aliphatic heterocycles. The van der Waals surface area contributed by atoms with Crippen LogP contribution in [-0.2, 0) is 6.42 Å². The second-order valence-corrected chi connectivity index (χ2v) is 3.82. The number of hydrogen-bond donors (Lipinski definition) is 2. The Balaban J connectivity index is 2.27. The molecule has 0 unspecified atom stereocenters. The normalized spacial score (nSPS) is 10.4. The van der Waals surface area contributed by atoms with Crippen molar-refractivity contribution in [2.45, 2.75) is 33.1 Å². The van der Waals surface area contributed by atoms with Crippen LogP contribution in [0.4, 0.5) is 5.82 Å². The summed E-state index contributed by atoms with van der Waals surface area (Å²) in [6.07, 6.45) is 4.95. The van der Waals surface area contributed by atoms with Crippen LogP contribution in [0, 0.1) is 0 Å². The van der Waals surface area contributed by atoms with Gasteiger partial charge in [0.05, 0.1) is 0 Å². The van der Waals surface area contributed by atoms with Gasteiger partial charge in [-0.1, -0.05) is 20.3 Å². The Morgan fingerprint density at radius 1 is 1.06 bits per heavy atom. The Morgan fingerprint density at radius 2 is 1.94 bits per heavy atom. The third kappa shape index (κ3) is 5.07. The highest BCUT2D eigenvalue weighted by atomic mass is 15.0. The maximum absolute atomic E-state index is 4.22. The van der Waals surface area contributed by atoms with Crippen LogP contribution < -0.4 is 10.6 Å². The van der Waals surface area contributed by atoms with Crippen LogP contribution >= 0.6 is 0 Å². The molecule has 1 aromatic heterocycles. The minimum atomic E-state index is 0.905. The van der Waals surface area contributed by atoms with Gasteiger partial charge in [-0.05, 0) is 19.4 Å². The van der Waals surface area contributed by atoms with E-state index in [0.717, 1.165) is 44.0 Å². The first-order valence-electron chi connectivity index (χ1n) is 6.12. The minimum absolute atomic E-state index is 0.905. The molecule has 0 saturated carbocycles. The van der Waals surface area contributed by atoms with Crippen LogP contribution in [-0.4, -0.2) is 29.6 Å². The molecule has 4 heteroatoms. The standard InChI is InChI=1S/C12H22N4/c1-3-5-11-9-12(16-10-15-11)14-8-7-13-6-4-2/h9-10,13H,3-8H2,1-2H3,(H,14,15,16). The van der Waals surface area contributed by atoms with Crippen molar-refractivity contribution in [2.24, 2.45) is 0 Å². The Kier molecular flexibility index (Phi) is 6.49. The van der Waals surface area contributed by atoms with Gasteiger partial charge in [0.2, 0.25) is 0 Å². The summed E-state index contributed by atoms with van der Waals surface area (Å²) in [7, 11) is 0. The van der Waals surface area contributed by atoms with E-state index in [2.05, 4.69) is 34.4 Å². The summed E-state index contributed by atoms with van der Waals surface area (Å²) in [5.41, 5.74) is 1.11. The zero-order valence-electron chi connectivity index (χ0n) is 10.3. The van der Waals surface area contributed by atoms with Gasteiger partial charge in [-0.25, -0.2) is 9.97 Å². The summed E-state index contributed by atoms with van der Waals surface area (Å²) in [5.74, 6) is 0.928. The Morgan fingerprint density at radius 3 is 2.69 bits per heavy atom. The molecular formula is C12H22N4. The molecular weight excluding hydrogens is 200 g/mol. The van der Waals surface area contributed by atoms with Crippen LogP contribution in [0.15, 0.2) is 12.4 Å². The van der Waals surface area contributed by atoms with Gasteiger partial charge in [-0.3, -0.25) is 0 Å². The second kappa shape index (κ2) is 8.05. The molecule has 1 aromatic rings. The van der Waals surface area contributed by atoms with Gasteiger partial charge in [0.15, 0.2) is 0 Å². The SMILES string of the molecule is CCCNCCNc1cc(CCC)ncn1. The van der Waals surface area contributed by atoms with Crippen LogP contribution in [0.25, 0.3) is 0 Å². The number of aromatic nitrogens is 2. The van der Waals surface area contributed by atoms with Crippen LogP contribution in [0.2, 0.25) is 0 Å². The maximum Gasteiger partial charge on any atom is 0.129 e. The van der Waals surface area contributed by atoms with E-state index in [1.165, 1.54) is 6.42 Å². The van der Waals surface area contributed by atoms with Crippen LogP contribution in [0.3, 0.4) is 0 Å². The molecule has 0 radical (unpaired) electrons. The second-order valence-electron chi connectivity index (χ2n) is 3.82. The zero-order valence-corrected chi connectivity index (χ0v) is 10.3. The van der Waals surface area contributed by atoms with Crippen molar-refractivity contribution in [3.05, 3.63) is 18.1 Å². The number of nitrogens with zero attached hydrogens (tertiary/aromatic N) is 2. The number of rotatable bonds is 8. The monoisotopic (exact) mass is 222 g/mol. The van der Waals surface area contributed by atoms with E-state index in [1.807, 2.05) is 6.07 Å².